The van der Waals surface area contributed by atoms with Crippen molar-refractivity contribution in [3.8, 4) is 0 Å². The van der Waals surface area contributed by atoms with Crippen LogP contribution in [-0.4, -0.2) is 27.3 Å². The first kappa shape index (κ1) is 17.4. The minimum Gasteiger partial charge on any atom is -0.324 e. The minimum atomic E-state index is -0.0371. The number of carbonyl (C=O) groups excluding carboxylic acids is 1. The molecule has 1 aliphatic rings. The third-order valence-corrected chi connectivity index (χ3v) is 4.83. The van der Waals surface area contributed by atoms with E-state index in [2.05, 4.69) is 44.5 Å². The summed E-state index contributed by atoms with van der Waals surface area (Å²) in [6.45, 7) is 2.75. The lowest BCUT2D eigenvalue weighted by Crippen LogP contribution is -2.31. The molecule has 1 aliphatic heterocycles. The molecule has 136 valence electrons. The van der Waals surface area contributed by atoms with Crippen LogP contribution in [0.15, 0.2) is 67.3 Å². The van der Waals surface area contributed by atoms with Gasteiger partial charge in [-0.1, -0.05) is 36.4 Å². The highest BCUT2D eigenvalue weighted by molar-refractivity contribution is 5.93. The molecule has 1 N–H and O–H groups in total. The van der Waals surface area contributed by atoms with Gasteiger partial charge in [-0.05, 0) is 34.7 Å². The predicted octanol–water partition coefficient (Wildman–Crippen LogP) is 3.22. The van der Waals surface area contributed by atoms with Crippen molar-refractivity contribution in [2.75, 3.05) is 11.9 Å². The van der Waals surface area contributed by atoms with E-state index in [1.807, 2.05) is 24.4 Å². The summed E-state index contributed by atoms with van der Waals surface area (Å²) < 4.78 is 0. The molecule has 3 heterocycles. The Labute approximate surface area is 159 Å². The second-order valence-corrected chi connectivity index (χ2v) is 6.86. The zero-order valence-corrected chi connectivity index (χ0v) is 15.1. The molecule has 0 radical (unpaired) electrons. The van der Waals surface area contributed by atoms with E-state index in [0.717, 1.165) is 37.3 Å². The number of hydrogen-bond acceptors (Lipinski definition) is 4. The van der Waals surface area contributed by atoms with Crippen molar-refractivity contribution in [1.29, 1.82) is 0 Å². The van der Waals surface area contributed by atoms with Gasteiger partial charge in [0.15, 0.2) is 0 Å². The van der Waals surface area contributed by atoms with Crippen molar-refractivity contribution in [3.05, 3.63) is 89.5 Å². The molecule has 0 fully saturated rings. The largest absolute Gasteiger partial charge is 0.324 e. The van der Waals surface area contributed by atoms with Gasteiger partial charge >= 0.3 is 0 Å². The Kier molecular flexibility index (Phi) is 5.21. The number of nitrogens with one attached hydrogen (secondary N) is 1. The van der Waals surface area contributed by atoms with Crippen molar-refractivity contribution in [1.82, 2.24) is 14.9 Å². The van der Waals surface area contributed by atoms with Gasteiger partial charge in [0.25, 0.3) is 0 Å². The summed E-state index contributed by atoms with van der Waals surface area (Å²) in [4.78, 5) is 23.2. The molecule has 5 nitrogen and oxygen atoms in total. The molecule has 2 aromatic heterocycles. The second kappa shape index (κ2) is 8.10. The van der Waals surface area contributed by atoms with Crippen LogP contribution in [0.3, 0.4) is 0 Å². The molecule has 0 aliphatic carbocycles. The molecule has 3 aromatic rings. The maximum atomic E-state index is 12.4. The summed E-state index contributed by atoms with van der Waals surface area (Å²) in [6, 6.07) is 14.3. The van der Waals surface area contributed by atoms with Gasteiger partial charge < -0.3 is 5.32 Å². The first-order valence-corrected chi connectivity index (χ1v) is 9.19. The molecule has 5 heteroatoms. The Balaban J connectivity index is 1.43. The van der Waals surface area contributed by atoms with Gasteiger partial charge in [0.1, 0.15) is 0 Å². The van der Waals surface area contributed by atoms with Gasteiger partial charge in [-0.3, -0.25) is 19.7 Å². The van der Waals surface area contributed by atoms with E-state index in [4.69, 9.17) is 0 Å². The molecule has 1 aromatic carbocycles. The van der Waals surface area contributed by atoms with Crippen LogP contribution in [0.25, 0.3) is 0 Å². The molecule has 0 saturated heterocycles. The van der Waals surface area contributed by atoms with Gasteiger partial charge in [-0.2, -0.15) is 0 Å². The highest BCUT2D eigenvalue weighted by Crippen LogP contribution is 2.26. The van der Waals surface area contributed by atoms with Crippen molar-refractivity contribution >= 4 is 11.6 Å². The monoisotopic (exact) mass is 358 g/mol. The number of amides is 1. The summed E-state index contributed by atoms with van der Waals surface area (Å²) >= 11 is 0. The van der Waals surface area contributed by atoms with E-state index in [-0.39, 0.29) is 5.91 Å². The molecule has 4 rings (SSSR count). The van der Waals surface area contributed by atoms with E-state index in [9.17, 15) is 4.79 Å². The highest BCUT2D eigenvalue weighted by Gasteiger charge is 2.20. The fourth-order valence-corrected chi connectivity index (χ4v) is 3.52. The van der Waals surface area contributed by atoms with Gasteiger partial charge in [-0.25, -0.2) is 0 Å². The third-order valence-electron chi connectivity index (χ3n) is 4.83. The first-order valence-electron chi connectivity index (χ1n) is 9.19. The van der Waals surface area contributed by atoms with Crippen molar-refractivity contribution < 1.29 is 4.79 Å². The van der Waals surface area contributed by atoms with Crippen LogP contribution < -0.4 is 5.32 Å². The number of carbonyl (C=O) groups is 1. The van der Waals surface area contributed by atoms with Crippen molar-refractivity contribution in [3.63, 3.8) is 0 Å². The van der Waals surface area contributed by atoms with E-state index in [1.165, 1.54) is 16.7 Å². The van der Waals surface area contributed by atoms with Crippen LogP contribution in [0.5, 0.6) is 0 Å². The smallest absolute Gasteiger partial charge is 0.228 e. The number of rotatable bonds is 5. The van der Waals surface area contributed by atoms with Gasteiger partial charge in [-0.15, -0.1) is 0 Å². The Hall–Kier alpha value is -3.05. The SMILES string of the molecule is O=C(Cc1cccnc1)Nc1cncc2c1CCN(Cc1ccccc1)C2. The van der Waals surface area contributed by atoms with E-state index in [1.54, 1.807) is 18.6 Å². The van der Waals surface area contributed by atoms with E-state index >= 15 is 0 Å². The maximum Gasteiger partial charge on any atom is 0.228 e. The summed E-state index contributed by atoms with van der Waals surface area (Å²) in [7, 11) is 0. The summed E-state index contributed by atoms with van der Waals surface area (Å²) in [5.41, 5.74) is 5.45. The average Bonchev–Trinajstić information content (AvgIpc) is 2.69. The summed E-state index contributed by atoms with van der Waals surface area (Å²) in [5, 5.41) is 3.04. The normalized spacial score (nSPS) is 13.8. The fraction of sp³-hybridized carbons (Fsp3) is 0.227. The van der Waals surface area contributed by atoms with Crippen LogP contribution in [-0.2, 0) is 30.7 Å². The first-order chi connectivity index (χ1) is 13.3. The molecule has 0 bridgehead atoms. The molecule has 27 heavy (non-hydrogen) atoms. The lowest BCUT2D eigenvalue weighted by Gasteiger charge is -2.29. The molecule has 0 atom stereocenters. The average molecular weight is 358 g/mol. The van der Waals surface area contributed by atoms with Gasteiger partial charge in [0.05, 0.1) is 18.3 Å². The molecule has 0 unspecified atom stereocenters. The quantitative estimate of drug-likeness (QED) is 0.761. The molecular weight excluding hydrogens is 336 g/mol. The van der Waals surface area contributed by atoms with E-state index < -0.39 is 0 Å². The third kappa shape index (κ3) is 4.38. The summed E-state index contributed by atoms with van der Waals surface area (Å²) in [6.07, 6.45) is 8.33. The van der Waals surface area contributed by atoms with Gasteiger partial charge in [0, 0.05) is 38.2 Å². The molecule has 0 spiro atoms. The fourth-order valence-electron chi connectivity index (χ4n) is 3.52. The van der Waals surface area contributed by atoms with Crippen LogP contribution >= 0.6 is 0 Å². The predicted molar refractivity (Wildman–Crippen MR) is 105 cm³/mol. The molecule has 1 amide bonds. The Morgan fingerprint density at radius 2 is 1.85 bits per heavy atom. The van der Waals surface area contributed by atoms with Crippen molar-refractivity contribution in [2.45, 2.75) is 25.9 Å². The van der Waals surface area contributed by atoms with E-state index in [0.29, 0.717) is 6.42 Å². The minimum absolute atomic E-state index is 0.0371. The molecular formula is C22H22N4O. The number of hydrogen-bond donors (Lipinski definition) is 1. The number of nitrogens with zero attached hydrogens (tertiary/aromatic N) is 3. The number of pyridine rings is 2. The topological polar surface area (TPSA) is 58.1 Å². The number of aromatic nitrogens is 2. The van der Waals surface area contributed by atoms with Crippen molar-refractivity contribution in [2.24, 2.45) is 0 Å². The lowest BCUT2D eigenvalue weighted by molar-refractivity contribution is -0.115. The second-order valence-electron chi connectivity index (χ2n) is 6.86. The van der Waals surface area contributed by atoms with Crippen LogP contribution in [0.2, 0.25) is 0 Å². The number of fused-ring (bicyclic) bond motifs is 1. The highest BCUT2D eigenvalue weighted by atomic mass is 16.1. The summed E-state index contributed by atoms with van der Waals surface area (Å²) in [5.74, 6) is -0.0371. The van der Waals surface area contributed by atoms with Gasteiger partial charge in [0.2, 0.25) is 5.91 Å². The lowest BCUT2D eigenvalue weighted by atomic mass is 9.99. The Morgan fingerprint density at radius 1 is 1.00 bits per heavy atom. The zero-order chi connectivity index (χ0) is 18.5. The zero-order valence-electron chi connectivity index (χ0n) is 15.1. The maximum absolute atomic E-state index is 12.4. The van der Waals surface area contributed by atoms with Crippen LogP contribution in [0, 0.1) is 0 Å². The Bertz CT molecular complexity index is 912. The number of benzene rings is 1. The van der Waals surface area contributed by atoms with Crippen LogP contribution in [0.1, 0.15) is 22.3 Å². The number of anilines is 1. The molecule has 0 saturated carbocycles. The Morgan fingerprint density at radius 3 is 2.67 bits per heavy atom. The standard InChI is InChI=1S/C22H22N4O/c27-22(11-18-7-4-9-23-12-18)25-21-14-24-13-19-16-26(10-8-20(19)21)15-17-5-2-1-3-6-17/h1-7,9,12-14H,8,10-11,15-16H2,(H,25,27). The van der Waals surface area contributed by atoms with Crippen LogP contribution in [0.4, 0.5) is 5.69 Å².